The smallest absolute Gasteiger partial charge is 0.306 e. The summed E-state index contributed by atoms with van der Waals surface area (Å²) in [4.78, 5) is 45.9. The number of esters is 1. The Morgan fingerprint density at radius 3 is 2.59 bits per heavy atom. The van der Waals surface area contributed by atoms with Gasteiger partial charge in [0.05, 0.1) is 43.0 Å². The molecule has 0 unspecified atom stereocenters. The zero-order chi connectivity index (χ0) is 27.7. The van der Waals surface area contributed by atoms with E-state index >= 15 is 0 Å². The van der Waals surface area contributed by atoms with Crippen molar-refractivity contribution in [2.75, 3.05) is 6.54 Å². The number of hydrogen-bond donors (Lipinski definition) is 0. The van der Waals surface area contributed by atoms with Crippen molar-refractivity contribution >= 4 is 23.8 Å². The first-order valence-electron chi connectivity index (χ1n) is 14.6. The Morgan fingerprint density at radius 2 is 1.82 bits per heavy atom. The molecule has 1 saturated heterocycles. The quantitative estimate of drug-likeness (QED) is 0.392. The van der Waals surface area contributed by atoms with Gasteiger partial charge in [-0.15, -0.1) is 0 Å². The molecule has 1 saturated carbocycles. The van der Waals surface area contributed by atoms with Crippen molar-refractivity contribution in [3.05, 3.63) is 24.2 Å². The second kappa shape index (κ2) is 11.3. The maximum Gasteiger partial charge on any atom is 0.306 e. The van der Waals surface area contributed by atoms with E-state index in [2.05, 4.69) is 5.10 Å². The van der Waals surface area contributed by atoms with Crippen LogP contribution in [0.1, 0.15) is 84.8 Å². The van der Waals surface area contributed by atoms with E-state index in [1.165, 1.54) is 0 Å². The van der Waals surface area contributed by atoms with Crippen molar-refractivity contribution in [3.63, 3.8) is 0 Å². The first kappa shape index (κ1) is 27.6. The van der Waals surface area contributed by atoms with E-state index in [1.807, 2.05) is 40.0 Å². The molecular formula is C30H42N4O5. The van der Waals surface area contributed by atoms with E-state index in [0.29, 0.717) is 11.7 Å². The van der Waals surface area contributed by atoms with Gasteiger partial charge in [-0.05, 0) is 49.9 Å². The molecule has 3 aliphatic rings. The Hall–Kier alpha value is -2.97. The molecule has 39 heavy (non-hydrogen) atoms. The van der Waals surface area contributed by atoms with Gasteiger partial charge in [-0.3, -0.25) is 9.59 Å². The van der Waals surface area contributed by atoms with E-state index in [1.54, 1.807) is 15.6 Å². The molecule has 5 rings (SSSR count). The van der Waals surface area contributed by atoms with Gasteiger partial charge in [0.2, 0.25) is 5.91 Å². The summed E-state index contributed by atoms with van der Waals surface area (Å²) < 4.78 is 14.2. The summed E-state index contributed by atoms with van der Waals surface area (Å²) in [5, 5.41) is 4.33. The van der Waals surface area contributed by atoms with Crippen molar-refractivity contribution in [1.82, 2.24) is 19.5 Å². The van der Waals surface area contributed by atoms with Gasteiger partial charge in [0.1, 0.15) is 18.5 Å². The average Bonchev–Trinajstić information content (AvgIpc) is 3.60. The topological polar surface area (TPSA) is 103 Å². The van der Waals surface area contributed by atoms with Crippen LogP contribution in [0.3, 0.4) is 0 Å². The Kier molecular flexibility index (Phi) is 7.96. The normalized spacial score (nSPS) is 31.1. The van der Waals surface area contributed by atoms with Gasteiger partial charge in [0.15, 0.2) is 11.4 Å². The zero-order valence-corrected chi connectivity index (χ0v) is 23.7. The molecular weight excluding hydrogens is 496 g/mol. The van der Waals surface area contributed by atoms with Crippen molar-refractivity contribution in [1.29, 1.82) is 0 Å². The summed E-state index contributed by atoms with van der Waals surface area (Å²) in [5.41, 5.74) is 1.17. The number of ether oxygens (including phenoxy) is 2. The fourth-order valence-electron chi connectivity index (χ4n) is 6.59. The number of aryl methyl sites for hydroxylation is 1. The summed E-state index contributed by atoms with van der Waals surface area (Å²) >= 11 is 0. The van der Waals surface area contributed by atoms with Crippen molar-refractivity contribution in [2.24, 2.45) is 23.2 Å². The molecule has 212 valence electrons. The molecule has 0 spiro atoms. The van der Waals surface area contributed by atoms with Crippen LogP contribution in [0.2, 0.25) is 0 Å². The van der Waals surface area contributed by atoms with Crippen LogP contribution in [-0.4, -0.2) is 62.5 Å². The standard InChI is InChI=1S/C30H42N4O5/c1-19-23(18-35)33-16-25(19)38-26-17-34-27(13-14-31-34)32-22(26)11-7-5-6-9-20-10-8-12-24(20)39-28(36)15-21(29(33)37)30(2,3)4/h13-14,17-21,23-25H,5-12,15-16H2,1-4H3/t19-,20+,21+,23+,24+,25-/m0/s1. The van der Waals surface area contributed by atoms with Gasteiger partial charge in [-0.1, -0.05) is 40.5 Å². The minimum absolute atomic E-state index is 0.0115. The lowest BCUT2D eigenvalue weighted by molar-refractivity contribution is -0.157. The minimum Gasteiger partial charge on any atom is -0.485 e. The monoisotopic (exact) mass is 538 g/mol. The Labute approximate surface area is 230 Å². The molecule has 1 amide bonds. The number of nitrogens with zero attached hydrogens (tertiary/aromatic N) is 4. The fourth-order valence-corrected chi connectivity index (χ4v) is 6.59. The lowest BCUT2D eigenvalue weighted by Crippen LogP contribution is -2.46. The van der Waals surface area contributed by atoms with Crippen LogP contribution >= 0.6 is 0 Å². The molecule has 2 fully saturated rings. The van der Waals surface area contributed by atoms with Crippen LogP contribution < -0.4 is 4.74 Å². The van der Waals surface area contributed by atoms with Crippen LogP contribution in [0, 0.1) is 23.2 Å². The van der Waals surface area contributed by atoms with E-state index in [-0.39, 0.29) is 43.0 Å². The molecule has 2 aliphatic heterocycles. The van der Waals surface area contributed by atoms with Gasteiger partial charge in [0.25, 0.3) is 0 Å². The lowest BCUT2D eigenvalue weighted by Gasteiger charge is -2.34. The third kappa shape index (κ3) is 5.82. The number of aromatic nitrogens is 3. The molecule has 2 aromatic rings. The summed E-state index contributed by atoms with van der Waals surface area (Å²) in [6, 6.07) is 1.25. The molecule has 6 atom stereocenters. The second-order valence-corrected chi connectivity index (χ2v) is 12.8. The first-order chi connectivity index (χ1) is 18.7. The minimum atomic E-state index is -0.630. The molecule has 0 aromatic carbocycles. The number of amides is 1. The van der Waals surface area contributed by atoms with Gasteiger partial charge in [-0.2, -0.15) is 5.10 Å². The molecule has 0 N–H and O–H groups in total. The molecule has 4 heterocycles. The highest BCUT2D eigenvalue weighted by Gasteiger charge is 2.47. The number of hydrogen-bond acceptors (Lipinski definition) is 7. The number of aldehydes is 1. The van der Waals surface area contributed by atoms with Crippen molar-refractivity contribution < 1.29 is 23.9 Å². The zero-order valence-electron chi connectivity index (χ0n) is 23.7. The third-order valence-electron chi connectivity index (χ3n) is 9.06. The number of carbonyl (C=O) groups excluding carboxylic acids is 3. The van der Waals surface area contributed by atoms with Crippen LogP contribution in [0.15, 0.2) is 18.5 Å². The lowest BCUT2D eigenvalue weighted by atomic mass is 9.77. The molecule has 9 heteroatoms. The Bertz CT molecular complexity index is 1200. The van der Waals surface area contributed by atoms with Gasteiger partial charge in [0, 0.05) is 12.0 Å². The van der Waals surface area contributed by atoms with Gasteiger partial charge in [-0.25, -0.2) is 9.50 Å². The average molecular weight is 539 g/mol. The van der Waals surface area contributed by atoms with E-state index < -0.39 is 17.4 Å². The Balaban J connectivity index is 1.48. The third-order valence-corrected chi connectivity index (χ3v) is 9.06. The largest absolute Gasteiger partial charge is 0.485 e. The number of rotatable bonds is 1. The highest BCUT2D eigenvalue weighted by atomic mass is 16.5. The van der Waals surface area contributed by atoms with Crippen LogP contribution in [-0.2, 0) is 25.5 Å². The van der Waals surface area contributed by atoms with E-state index in [0.717, 1.165) is 69.0 Å². The number of fused-ring (bicyclic) bond motifs is 5. The maximum atomic E-state index is 14.0. The predicted octanol–water partition coefficient (Wildman–Crippen LogP) is 4.40. The molecule has 2 aromatic heterocycles. The van der Waals surface area contributed by atoms with Crippen molar-refractivity contribution in [3.8, 4) is 5.75 Å². The molecule has 2 bridgehead atoms. The summed E-state index contributed by atoms with van der Waals surface area (Å²) in [6.07, 6.45) is 11.9. The fraction of sp³-hybridized carbons (Fsp3) is 0.700. The van der Waals surface area contributed by atoms with Crippen LogP contribution in [0.4, 0.5) is 0 Å². The molecule has 9 nitrogen and oxygen atoms in total. The summed E-state index contributed by atoms with van der Waals surface area (Å²) in [5.74, 6) is -0.311. The van der Waals surface area contributed by atoms with Crippen LogP contribution in [0.5, 0.6) is 5.75 Å². The predicted molar refractivity (Wildman–Crippen MR) is 145 cm³/mol. The van der Waals surface area contributed by atoms with Gasteiger partial charge < -0.3 is 19.2 Å². The Morgan fingerprint density at radius 1 is 1.03 bits per heavy atom. The summed E-state index contributed by atoms with van der Waals surface area (Å²) in [6.45, 7) is 8.11. The number of carbonyl (C=O) groups is 3. The van der Waals surface area contributed by atoms with Crippen molar-refractivity contribution in [2.45, 2.75) is 104 Å². The highest BCUT2D eigenvalue weighted by molar-refractivity contribution is 5.87. The van der Waals surface area contributed by atoms with Gasteiger partial charge >= 0.3 is 5.97 Å². The first-order valence-corrected chi connectivity index (χ1v) is 14.6. The van der Waals surface area contributed by atoms with E-state index in [9.17, 15) is 14.4 Å². The summed E-state index contributed by atoms with van der Waals surface area (Å²) in [7, 11) is 0. The highest BCUT2D eigenvalue weighted by Crippen LogP contribution is 2.38. The maximum absolute atomic E-state index is 14.0. The van der Waals surface area contributed by atoms with Crippen LogP contribution in [0.25, 0.3) is 5.65 Å². The van der Waals surface area contributed by atoms with E-state index in [4.69, 9.17) is 14.5 Å². The molecule has 1 aliphatic carbocycles. The second-order valence-electron chi connectivity index (χ2n) is 12.8. The SMILES string of the molecule is C[C@@H]1[C@@H]2CN(C(=O)[C@H](C(C)(C)C)CC(=O)O[C@@H]3CCC[C@H]3CCCCCc3nc4ccnn4cc3O2)[C@@H]1C=O. The molecule has 0 radical (unpaired) electrons.